The van der Waals surface area contributed by atoms with Crippen molar-refractivity contribution >= 4 is 5.91 Å². The molecule has 16 heavy (non-hydrogen) atoms. The molecule has 2 nitrogen and oxygen atoms in total. The summed E-state index contributed by atoms with van der Waals surface area (Å²) in [5.41, 5.74) is 2.32. The molecule has 0 spiro atoms. The van der Waals surface area contributed by atoms with Gasteiger partial charge in [-0.05, 0) is 43.7 Å². The third-order valence-electron chi connectivity index (χ3n) is 3.33. The molecule has 1 aromatic rings. The van der Waals surface area contributed by atoms with E-state index in [1.54, 1.807) is 0 Å². The highest BCUT2D eigenvalue weighted by molar-refractivity contribution is 5.79. The number of nitrogens with one attached hydrogen (secondary N) is 1. The first kappa shape index (κ1) is 11.2. The number of aryl methyl sites for hydroxylation is 1. The van der Waals surface area contributed by atoms with E-state index in [1.807, 2.05) is 31.2 Å². The summed E-state index contributed by atoms with van der Waals surface area (Å²) in [6.45, 7) is 4.15. The Balaban J connectivity index is 1.89. The van der Waals surface area contributed by atoms with Crippen molar-refractivity contribution in [3.05, 3.63) is 35.4 Å². The maximum absolute atomic E-state index is 11.8. The second kappa shape index (κ2) is 4.69. The van der Waals surface area contributed by atoms with E-state index < -0.39 is 0 Å². The van der Waals surface area contributed by atoms with E-state index in [9.17, 15) is 4.79 Å². The first-order valence-electron chi connectivity index (χ1n) is 6.00. The van der Waals surface area contributed by atoms with Crippen LogP contribution in [-0.4, -0.2) is 11.9 Å². The molecule has 86 valence electrons. The molecule has 0 aliphatic heterocycles. The lowest BCUT2D eigenvalue weighted by atomic mass is 10.1. The van der Waals surface area contributed by atoms with Gasteiger partial charge in [0.2, 0.25) is 5.91 Å². The van der Waals surface area contributed by atoms with Crippen LogP contribution >= 0.6 is 0 Å². The normalized spacial score (nSPS) is 16.9. The highest BCUT2D eigenvalue weighted by Gasteiger charge is 2.28. The highest BCUT2D eigenvalue weighted by atomic mass is 16.1. The van der Waals surface area contributed by atoms with Gasteiger partial charge in [0.1, 0.15) is 0 Å². The van der Waals surface area contributed by atoms with Crippen LogP contribution in [0.15, 0.2) is 24.3 Å². The first-order valence-corrected chi connectivity index (χ1v) is 6.00. The molecule has 1 saturated carbocycles. The number of hydrogen-bond acceptors (Lipinski definition) is 1. The number of rotatable bonds is 4. The first-order chi connectivity index (χ1) is 7.66. The number of amides is 1. The van der Waals surface area contributed by atoms with Gasteiger partial charge in [-0.1, -0.05) is 24.3 Å². The fraction of sp³-hybridized carbons (Fsp3) is 0.500. The average Bonchev–Trinajstić information content (AvgIpc) is 3.04. The van der Waals surface area contributed by atoms with Gasteiger partial charge in [-0.3, -0.25) is 4.79 Å². The molecular weight excluding hydrogens is 198 g/mol. The Morgan fingerprint density at radius 2 is 2.12 bits per heavy atom. The van der Waals surface area contributed by atoms with Crippen molar-refractivity contribution < 1.29 is 4.79 Å². The molecule has 1 fully saturated rings. The van der Waals surface area contributed by atoms with E-state index >= 15 is 0 Å². The predicted octanol–water partition coefficient (Wildman–Crippen LogP) is 2.45. The molecule has 1 aromatic carbocycles. The summed E-state index contributed by atoms with van der Waals surface area (Å²) in [4.78, 5) is 11.8. The van der Waals surface area contributed by atoms with E-state index in [0.29, 0.717) is 12.5 Å². The van der Waals surface area contributed by atoms with Gasteiger partial charge in [0, 0.05) is 6.04 Å². The topological polar surface area (TPSA) is 29.1 Å². The molecule has 2 heteroatoms. The SMILES string of the molecule is Cc1ccccc1CC(=O)NC(C)C1CC1. The van der Waals surface area contributed by atoms with E-state index in [1.165, 1.54) is 18.4 Å². The largest absolute Gasteiger partial charge is 0.353 e. The maximum atomic E-state index is 11.8. The summed E-state index contributed by atoms with van der Waals surface area (Å²) in [5, 5.41) is 3.08. The van der Waals surface area contributed by atoms with E-state index in [2.05, 4.69) is 12.2 Å². The van der Waals surface area contributed by atoms with Crippen LogP contribution in [0.1, 0.15) is 30.9 Å². The van der Waals surface area contributed by atoms with Crippen LogP contribution in [-0.2, 0) is 11.2 Å². The minimum atomic E-state index is 0.147. The van der Waals surface area contributed by atoms with Gasteiger partial charge in [0.05, 0.1) is 6.42 Å². The summed E-state index contributed by atoms with van der Waals surface area (Å²) in [6.07, 6.45) is 3.04. The third-order valence-corrected chi connectivity index (χ3v) is 3.33. The Morgan fingerprint density at radius 3 is 2.75 bits per heavy atom. The van der Waals surface area contributed by atoms with Crippen LogP contribution < -0.4 is 5.32 Å². The molecule has 0 aromatic heterocycles. The summed E-state index contributed by atoms with van der Waals surface area (Å²) < 4.78 is 0. The maximum Gasteiger partial charge on any atom is 0.224 e. The predicted molar refractivity (Wildman–Crippen MR) is 65.2 cm³/mol. The van der Waals surface area contributed by atoms with Crippen molar-refractivity contribution in [1.29, 1.82) is 0 Å². The Kier molecular flexibility index (Phi) is 3.28. The lowest BCUT2D eigenvalue weighted by Gasteiger charge is -2.13. The second-order valence-electron chi connectivity index (χ2n) is 4.80. The van der Waals surface area contributed by atoms with Crippen LogP contribution in [0.4, 0.5) is 0 Å². The monoisotopic (exact) mass is 217 g/mol. The fourth-order valence-electron chi connectivity index (χ4n) is 2.00. The van der Waals surface area contributed by atoms with Crippen LogP contribution in [0.25, 0.3) is 0 Å². The van der Waals surface area contributed by atoms with Gasteiger partial charge >= 0.3 is 0 Å². The molecular formula is C14H19NO. The summed E-state index contributed by atoms with van der Waals surface area (Å²) in [6, 6.07) is 8.41. The zero-order valence-corrected chi connectivity index (χ0v) is 9.99. The molecule has 1 aliphatic carbocycles. The zero-order valence-electron chi connectivity index (χ0n) is 9.99. The molecule has 2 rings (SSSR count). The molecule has 1 aliphatic rings. The van der Waals surface area contributed by atoms with E-state index in [-0.39, 0.29) is 5.91 Å². The molecule has 0 radical (unpaired) electrons. The van der Waals surface area contributed by atoms with Gasteiger partial charge in [-0.25, -0.2) is 0 Å². The number of carbonyl (C=O) groups is 1. The smallest absolute Gasteiger partial charge is 0.224 e. The minimum Gasteiger partial charge on any atom is -0.353 e. The zero-order chi connectivity index (χ0) is 11.5. The fourth-order valence-corrected chi connectivity index (χ4v) is 2.00. The van der Waals surface area contributed by atoms with Crippen molar-refractivity contribution in [3.8, 4) is 0 Å². The summed E-state index contributed by atoms with van der Waals surface area (Å²) in [5.74, 6) is 0.870. The molecule has 0 heterocycles. The van der Waals surface area contributed by atoms with Gasteiger partial charge in [0.15, 0.2) is 0 Å². The van der Waals surface area contributed by atoms with Gasteiger partial charge in [0.25, 0.3) is 0 Å². The van der Waals surface area contributed by atoms with Crippen molar-refractivity contribution in [2.45, 2.75) is 39.2 Å². The molecule has 1 unspecified atom stereocenters. The molecule has 1 amide bonds. The van der Waals surface area contributed by atoms with Crippen molar-refractivity contribution in [1.82, 2.24) is 5.32 Å². The molecule has 0 saturated heterocycles. The van der Waals surface area contributed by atoms with E-state index in [0.717, 1.165) is 11.5 Å². The van der Waals surface area contributed by atoms with Crippen LogP contribution in [0.3, 0.4) is 0 Å². The highest BCUT2D eigenvalue weighted by Crippen LogP contribution is 2.32. The number of carbonyl (C=O) groups excluding carboxylic acids is 1. The lowest BCUT2D eigenvalue weighted by Crippen LogP contribution is -2.35. The van der Waals surface area contributed by atoms with Crippen LogP contribution in [0, 0.1) is 12.8 Å². The van der Waals surface area contributed by atoms with Gasteiger partial charge in [-0.2, -0.15) is 0 Å². The van der Waals surface area contributed by atoms with Crippen molar-refractivity contribution in [2.75, 3.05) is 0 Å². The Morgan fingerprint density at radius 1 is 1.44 bits per heavy atom. The summed E-state index contributed by atoms with van der Waals surface area (Å²) in [7, 11) is 0. The number of benzene rings is 1. The van der Waals surface area contributed by atoms with Crippen molar-refractivity contribution in [2.24, 2.45) is 5.92 Å². The summed E-state index contributed by atoms with van der Waals surface area (Å²) >= 11 is 0. The Labute approximate surface area is 97.1 Å². The van der Waals surface area contributed by atoms with Gasteiger partial charge < -0.3 is 5.32 Å². The lowest BCUT2D eigenvalue weighted by molar-refractivity contribution is -0.121. The third kappa shape index (κ3) is 2.84. The molecule has 0 bridgehead atoms. The standard InChI is InChI=1S/C14H19NO/c1-10-5-3-4-6-13(10)9-14(16)15-11(2)12-7-8-12/h3-6,11-12H,7-9H2,1-2H3,(H,15,16). The Hall–Kier alpha value is -1.31. The quantitative estimate of drug-likeness (QED) is 0.824. The second-order valence-corrected chi connectivity index (χ2v) is 4.80. The van der Waals surface area contributed by atoms with Crippen LogP contribution in [0.2, 0.25) is 0 Å². The Bertz CT molecular complexity index is 382. The minimum absolute atomic E-state index is 0.147. The van der Waals surface area contributed by atoms with E-state index in [4.69, 9.17) is 0 Å². The number of hydrogen-bond donors (Lipinski definition) is 1. The average molecular weight is 217 g/mol. The van der Waals surface area contributed by atoms with Gasteiger partial charge in [-0.15, -0.1) is 0 Å². The molecule has 1 N–H and O–H groups in total. The van der Waals surface area contributed by atoms with Crippen molar-refractivity contribution in [3.63, 3.8) is 0 Å². The molecule has 1 atom stereocenters. The van der Waals surface area contributed by atoms with Crippen LogP contribution in [0.5, 0.6) is 0 Å².